The maximum Gasteiger partial charge on any atom is 0.173 e. The number of nitrogens with zero attached hydrogens (tertiary/aromatic N) is 2. The van der Waals surface area contributed by atoms with E-state index in [1.807, 2.05) is 19.2 Å². The zero-order chi connectivity index (χ0) is 14.8. The van der Waals surface area contributed by atoms with Gasteiger partial charge in [0.2, 0.25) is 0 Å². The average Bonchev–Trinajstić information content (AvgIpc) is 3.07. The molecular formula is C16H18BrN3O. The van der Waals surface area contributed by atoms with Crippen LogP contribution in [0.15, 0.2) is 45.7 Å². The monoisotopic (exact) mass is 347 g/mol. The van der Waals surface area contributed by atoms with E-state index in [1.165, 1.54) is 5.52 Å². The molecule has 0 radical (unpaired) electrons. The molecule has 0 bridgehead atoms. The number of rotatable bonds is 5. The summed E-state index contributed by atoms with van der Waals surface area (Å²) >= 11 is 3.46. The van der Waals surface area contributed by atoms with Crippen molar-refractivity contribution < 1.29 is 4.42 Å². The Bertz CT molecular complexity index is 747. The molecule has 0 spiro atoms. The standard InChI is InChI=1S/C16H18BrN3O/c1-3-20-14-7-5-4-6-12(14)19-15(20)10-13(18-2)11-8-9-21-16(11)17/h4-9,13,18H,3,10H2,1-2H3. The minimum absolute atomic E-state index is 0.167. The highest BCUT2D eigenvalue weighted by Gasteiger charge is 2.19. The quantitative estimate of drug-likeness (QED) is 0.760. The molecule has 1 unspecified atom stereocenters. The second kappa shape index (κ2) is 6.03. The molecular weight excluding hydrogens is 330 g/mol. The van der Waals surface area contributed by atoms with Gasteiger partial charge in [0, 0.05) is 24.6 Å². The number of aromatic nitrogens is 2. The van der Waals surface area contributed by atoms with Crippen LogP contribution in [0.2, 0.25) is 0 Å². The highest BCUT2D eigenvalue weighted by Crippen LogP contribution is 2.28. The summed E-state index contributed by atoms with van der Waals surface area (Å²) in [5.41, 5.74) is 3.36. The summed E-state index contributed by atoms with van der Waals surface area (Å²) in [6.45, 7) is 3.07. The summed E-state index contributed by atoms with van der Waals surface area (Å²) in [6, 6.07) is 10.4. The van der Waals surface area contributed by atoms with Crippen LogP contribution in [0.3, 0.4) is 0 Å². The molecule has 2 aromatic heterocycles. The van der Waals surface area contributed by atoms with Gasteiger partial charge in [-0.1, -0.05) is 12.1 Å². The molecule has 4 nitrogen and oxygen atoms in total. The maximum absolute atomic E-state index is 5.35. The minimum Gasteiger partial charge on any atom is -0.457 e. The average molecular weight is 348 g/mol. The van der Waals surface area contributed by atoms with E-state index in [-0.39, 0.29) is 6.04 Å². The minimum atomic E-state index is 0.167. The summed E-state index contributed by atoms with van der Waals surface area (Å²) in [5, 5.41) is 3.35. The molecule has 0 amide bonds. The Morgan fingerprint density at radius 1 is 1.33 bits per heavy atom. The fourth-order valence-corrected chi connectivity index (χ4v) is 3.25. The molecule has 0 aliphatic carbocycles. The lowest BCUT2D eigenvalue weighted by molar-refractivity contribution is 0.510. The van der Waals surface area contributed by atoms with E-state index in [0.717, 1.165) is 34.5 Å². The van der Waals surface area contributed by atoms with E-state index in [1.54, 1.807) is 6.26 Å². The molecule has 0 aliphatic rings. The van der Waals surface area contributed by atoms with Gasteiger partial charge >= 0.3 is 0 Å². The predicted octanol–water partition coefficient (Wildman–Crippen LogP) is 3.91. The number of aryl methyl sites for hydroxylation is 1. The van der Waals surface area contributed by atoms with E-state index in [0.29, 0.717) is 0 Å². The molecule has 0 saturated heterocycles. The molecule has 2 heterocycles. The van der Waals surface area contributed by atoms with E-state index in [2.05, 4.69) is 50.9 Å². The van der Waals surface area contributed by atoms with Crippen LogP contribution in [-0.2, 0) is 13.0 Å². The van der Waals surface area contributed by atoms with Gasteiger partial charge < -0.3 is 14.3 Å². The Balaban J connectivity index is 1.98. The number of likely N-dealkylation sites (N-methyl/N-ethyl adjacent to an activating group) is 1. The number of imidazole rings is 1. The van der Waals surface area contributed by atoms with Gasteiger partial charge in [0.05, 0.1) is 17.3 Å². The van der Waals surface area contributed by atoms with Crippen molar-refractivity contribution in [2.24, 2.45) is 0 Å². The number of furan rings is 1. The fourth-order valence-electron chi connectivity index (χ4n) is 2.74. The summed E-state index contributed by atoms with van der Waals surface area (Å²) in [4.78, 5) is 4.79. The molecule has 3 aromatic rings. The Labute approximate surface area is 132 Å². The van der Waals surface area contributed by atoms with Crippen LogP contribution in [0, 0.1) is 0 Å². The van der Waals surface area contributed by atoms with Crippen LogP contribution in [-0.4, -0.2) is 16.6 Å². The second-order valence-electron chi connectivity index (χ2n) is 4.96. The fraction of sp³-hybridized carbons (Fsp3) is 0.312. The summed E-state index contributed by atoms with van der Waals surface area (Å²) in [6.07, 6.45) is 2.52. The molecule has 0 fully saturated rings. The van der Waals surface area contributed by atoms with Gasteiger partial charge in [-0.2, -0.15) is 0 Å². The predicted molar refractivity (Wildman–Crippen MR) is 87.3 cm³/mol. The van der Waals surface area contributed by atoms with Gasteiger partial charge in [0.25, 0.3) is 0 Å². The molecule has 110 valence electrons. The zero-order valence-electron chi connectivity index (χ0n) is 12.1. The summed E-state index contributed by atoms with van der Waals surface area (Å²) in [5.74, 6) is 1.09. The number of nitrogens with one attached hydrogen (secondary N) is 1. The third-order valence-electron chi connectivity index (χ3n) is 3.81. The first-order valence-corrected chi connectivity index (χ1v) is 7.88. The molecule has 1 aromatic carbocycles. The third-order valence-corrected chi connectivity index (χ3v) is 4.45. The highest BCUT2D eigenvalue weighted by atomic mass is 79.9. The van der Waals surface area contributed by atoms with Gasteiger partial charge in [-0.05, 0) is 48.1 Å². The van der Waals surface area contributed by atoms with E-state index >= 15 is 0 Å². The molecule has 3 rings (SSSR count). The molecule has 5 heteroatoms. The van der Waals surface area contributed by atoms with Crippen LogP contribution in [0.4, 0.5) is 0 Å². The zero-order valence-corrected chi connectivity index (χ0v) is 13.7. The van der Waals surface area contributed by atoms with Crippen molar-refractivity contribution in [1.82, 2.24) is 14.9 Å². The number of fused-ring (bicyclic) bond motifs is 1. The second-order valence-corrected chi connectivity index (χ2v) is 5.68. The van der Waals surface area contributed by atoms with Crippen molar-refractivity contribution in [3.63, 3.8) is 0 Å². The smallest absolute Gasteiger partial charge is 0.173 e. The highest BCUT2D eigenvalue weighted by molar-refractivity contribution is 9.10. The van der Waals surface area contributed by atoms with Crippen molar-refractivity contribution in [3.8, 4) is 0 Å². The van der Waals surface area contributed by atoms with Crippen molar-refractivity contribution in [1.29, 1.82) is 0 Å². The molecule has 21 heavy (non-hydrogen) atoms. The largest absolute Gasteiger partial charge is 0.457 e. The van der Waals surface area contributed by atoms with Gasteiger partial charge in [-0.3, -0.25) is 0 Å². The summed E-state index contributed by atoms with van der Waals surface area (Å²) < 4.78 is 8.40. The molecule has 1 N–H and O–H groups in total. The Morgan fingerprint density at radius 3 is 2.81 bits per heavy atom. The Morgan fingerprint density at radius 2 is 2.14 bits per heavy atom. The van der Waals surface area contributed by atoms with Crippen molar-refractivity contribution >= 4 is 27.0 Å². The first-order valence-electron chi connectivity index (χ1n) is 7.09. The van der Waals surface area contributed by atoms with Gasteiger partial charge in [0.1, 0.15) is 5.82 Å². The van der Waals surface area contributed by atoms with Crippen LogP contribution in [0.25, 0.3) is 11.0 Å². The first kappa shape index (κ1) is 14.4. The maximum atomic E-state index is 5.35. The molecule has 0 saturated carbocycles. The van der Waals surface area contributed by atoms with Gasteiger partial charge in [-0.15, -0.1) is 0 Å². The van der Waals surface area contributed by atoms with Crippen LogP contribution < -0.4 is 5.32 Å². The SMILES string of the molecule is CCn1c(CC(NC)c2ccoc2Br)nc2ccccc21. The van der Waals surface area contributed by atoms with Crippen molar-refractivity contribution in [2.75, 3.05) is 7.05 Å². The lowest BCUT2D eigenvalue weighted by atomic mass is 10.1. The third kappa shape index (κ3) is 2.63. The first-order chi connectivity index (χ1) is 10.2. The number of halogens is 1. The number of hydrogen-bond donors (Lipinski definition) is 1. The van der Waals surface area contributed by atoms with Gasteiger partial charge in [0.15, 0.2) is 4.67 Å². The molecule has 0 aliphatic heterocycles. The van der Waals surface area contributed by atoms with Crippen LogP contribution in [0.1, 0.15) is 24.4 Å². The lowest BCUT2D eigenvalue weighted by Gasteiger charge is -2.15. The van der Waals surface area contributed by atoms with Crippen molar-refractivity contribution in [3.05, 3.63) is 52.7 Å². The Kier molecular flexibility index (Phi) is 4.12. The molecule has 1 atom stereocenters. The normalized spacial score (nSPS) is 12.9. The van der Waals surface area contributed by atoms with E-state index in [4.69, 9.17) is 9.40 Å². The van der Waals surface area contributed by atoms with E-state index < -0.39 is 0 Å². The van der Waals surface area contributed by atoms with Crippen LogP contribution in [0.5, 0.6) is 0 Å². The lowest BCUT2D eigenvalue weighted by Crippen LogP contribution is -2.20. The number of benzene rings is 1. The van der Waals surface area contributed by atoms with Gasteiger partial charge in [-0.25, -0.2) is 4.98 Å². The Hall–Kier alpha value is -1.59. The number of hydrogen-bond acceptors (Lipinski definition) is 3. The van der Waals surface area contributed by atoms with Crippen molar-refractivity contribution in [2.45, 2.75) is 25.9 Å². The number of para-hydroxylation sites is 2. The summed E-state index contributed by atoms with van der Waals surface area (Å²) in [7, 11) is 1.96. The topological polar surface area (TPSA) is 43.0 Å². The van der Waals surface area contributed by atoms with Crippen LogP contribution >= 0.6 is 15.9 Å². The van der Waals surface area contributed by atoms with E-state index in [9.17, 15) is 0 Å².